The minimum Gasteiger partial charge on any atom is -0.340 e. The molecule has 108 valence electrons. The molecule has 1 aliphatic rings. The Morgan fingerprint density at radius 1 is 1.25 bits per heavy atom. The van der Waals surface area contributed by atoms with E-state index in [0.29, 0.717) is 25.4 Å². The summed E-state index contributed by atoms with van der Waals surface area (Å²) in [5.41, 5.74) is -0.141. The van der Waals surface area contributed by atoms with Crippen LogP contribution in [0, 0.1) is 5.92 Å². The normalized spacial score (nSPS) is 23.7. The number of carbonyl (C=O) groups is 2. The first-order chi connectivity index (χ1) is 9.43. The molecule has 1 aromatic rings. The van der Waals surface area contributed by atoms with Crippen LogP contribution >= 0.6 is 0 Å². The average Bonchev–Trinajstić information content (AvgIpc) is 2.52. The molecule has 0 bridgehead atoms. The van der Waals surface area contributed by atoms with Gasteiger partial charge in [-0.15, -0.1) is 0 Å². The molecule has 0 aliphatic carbocycles. The van der Waals surface area contributed by atoms with Crippen molar-refractivity contribution in [3.8, 4) is 0 Å². The lowest BCUT2D eigenvalue weighted by Gasteiger charge is -2.33. The lowest BCUT2D eigenvalue weighted by molar-refractivity contribution is -0.139. The zero-order valence-corrected chi connectivity index (χ0v) is 12.3. The molecule has 1 aromatic carbocycles. The molecule has 1 saturated heterocycles. The second-order valence-corrected chi connectivity index (χ2v) is 5.93. The second-order valence-electron chi connectivity index (χ2n) is 5.93. The molecule has 1 fully saturated rings. The molecule has 0 aromatic heterocycles. The van der Waals surface area contributed by atoms with Crippen molar-refractivity contribution >= 4 is 11.8 Å². The molecule has 2 rings (SSSR count). The largest absolute Gasteiger partial charge is 0.340 e. The average molecular weight is 274 g/mol. The van der Waals surface area contributed by atoms with Gasteiger partial charge in [0.2, 0.25) is 5.91 Å². The molecule has 1 heterocycles. The molecular formula is C16H22N2O2. The summed E-state index contributed by atoms with van der Waals surface area (Å²) in [6.07, 6.45) is 0.362. The van der Waals surface area contributed by atoms with Crippen molar-refractivity contribution in [1.82, 2.24) is 10.2 Å². The lowest BCUT2D eigenvalue weighted by Crippen LogP contribution is -2.53. The fourth-order valence-corrected chi connectivity index (χ4v) is 2.63. The van der Waals surface area contributed by atoms with Crippen LogP contribution < -0.4 is 5.32 Å². The van der Waals surface area contributed by atoms with Crippen molar-refractivity contribution < 1.29 is 9.59 Å². The van der Waals surface area contributed by atoms with E-state index >= 15 is 0 Å². The summed E-state index contributed by atoms with van der Waals surface area (Å²) >= 11 is 0. The molecule has 4 nitrogen and oxygen atoms in total. The van der Waals surface area contributed by atoms with Crippen LogP contribution in [0.2, 0.25) is 0 Å². The zero-order valence-electron chi connectivity index (χ0n) is 12.3. The summed E-state index contributed by atoms with van der Waals surface area (Å²) < 4.78 is 0. The van der Waals surface area contributed by atoms with Crippen LogP contribution in [0.3, 0.4) is 0 Å². The second kappa shape index (κ2) is 5.65. The van der Waals surface area contributed by atoms with Gasteiger partial charge >= 0.3 is 0 Å². The van der Waals surface area contributed by atoms with E-state index in [0.717, 1.165) is 5.56 Å². The number of benzene rings is 1. The summed E-state index contributed by atoms with van der Waals surface area (Å²) in [6.45, 7) is 7.11. The van der Waals surface area contributed by atoms with E-state index in [1.54, 1.807) is 11.8 Å². The fraction of sp³-hybridized carbons (Fsp3) is 0.500. The van der Waals surface area contributed by atoms with Crippen LogP contribution in [-0.2, 0) is 15.1 Å². The molecular weight excluding hydrogens is 252 g/mol. The van der Waals surface area contributed by atoms with E-state index in [9.17, 15) is 9.59 Å². The number of rotatable bonds is 3. The standard InChI is InChI=1S/C16H22N2O2/c1-12(2)11-18-10-9-14(19)17-16(3,15(18)20)13-7-5-4-6-8-13/h4-8,12H,9-11H2,1-3H3,(H,17,19). The third-order valence-electron chi connectivity index (χ3n) is 3.65. The number of hydrogen-bond acceptors (Lipinski definition) is 2. The Labute approximate surface area is 120 Å². The summed E-state index contributed by atoms with van der Waals surface area (Å²) in [7, 11) is 0. The number of hydrogen-bond donors (Lipinski definition) is 1. The predicted octanol–water partition coefficient (Wildman–Crippen LogP) is 1.91. The number of nitrogens with zero attached hydrogens (tertiary/aromatic N) is 1. The highest BCUT2D eigenvalue weighted by molar-refractivity contribution is 5.94. The van der Waals surface area contributed by atoms with Crippen molar-refractivity contribution in [2.24, 2.45) is 5.92 Å². The first-order valence-corrected chi connectivity index (χ1v) is 7.09. The first-order valence-electron chi connectivity index (χ1n) is 7.09. The molecule has 0 saturated carbocycles. The SMILES string of the molecule is CC(C)CN1CCC(=O)NC(C)(c2ccccc2)C1=O. The van der Waals surface area contributed by atoms with Gasteiger partial charge in [-0.3, -0.25) is 9.59 Å². The molecule has 1 unspecified atom stereocenters. The Hall–Kier alpha value is -1.84. The molecule has 1 aliphatic heterocycles. The summed E-state index contributed by atoms with van der Waals surface area (Å²) in [6, 6.07) is 9.45. The molecule has 4 heteroatoms. The van der Waals surface area contributed by atoms with Gasteiger partial charge in [-0.2, -0.15) is 0 Å². The van der Waals surface area contributed by atoms with Crippen molar-refractivity contribution in [2.75, 3.05) is 13.1 Å². The van der Waals surface area contributed by atoms with E-state index in [1.165, 1.54) is 0 Å². The minimum atomic E-state index is -0.969. The third-order valence-corrected chi connectivity index (χ3v) is 3.65. The highest BCUT2D eigenvalue weighted by Crippen LogP contribution is 2.26. The van der Waals surface area contributed by atoms with Gasteiger partial charge in [0.05, 0.1) is 0 Å². The van der Waals surface area contributed by atoms with E-state index in [2.05, 4.69) is 19.2 Å². The van der Waals surface area contributed by atoms with E-state index in [-0.39, 0.29) is 11.8 Å². The summed E-state index contributed by atoms with van der Waals surface area (Å²) in [4.78, 5) is 26.6. The third kappa shape index (κ3) is 2.84. The first kappa shape index (κ1) is 14.6. The molecule has 0 radical (unpaired) electrons. The monoisotopic (exact) mass is 274 g/mol. The highest BCUT2D eigenvalue weighted by Gasteiger charge is 2.41. The highest BCUT2D eigenvalue weighted by atomic mass is 16.2. The Morgan fingerprint density at radius 3 is 2.50 bits per heavy atom. The van der Waals surface area contributed by atoms with Gasteiger partial charge in [0, 0.05) is 19.5 Å². The molecule has 1 atom stereocenters. The van der Waals surface area contributed by atoms with E-state index in [4.69, 9.17) is 0 Å². The Balaban J connectivity index is 2.38. The Kier molecular flexibility index (Phi) is 4.12. The minimum absolute atomic E-state index is 0.0248. The summed E-state index contributed by atoms with van der Waals surface area (Å²) in [5.74, 6) is 0.284. The quantitative estimate of drug-likeness (QED) is 0.915. The molecule has 2 amide bonds. The molecule has 20 heavy (non-hydrogen) atoms. The molecule has 1 N–H and O–H groups in total. The number of nitrogens with one attached hydrogen (secondary N) is 1. The van der Waals surface area contributed by atoms with Gasteiger partial charge in [-0.1, -0.05) is 44.2 Å². The van der Waals surface area contributed by atoms with E-state index in [1.807, 2.05) is 30.3 Å². The van der Waals surface area contributed by atoms with E-state index < -0.39 is 5.54 Å². The number of carbonyl (C=O) groups excluding carboxylic acids is 2. The Morgan fingerprint density at radius 2 is 1.90 bits per heavy atom. The maximum atomic E-state index is 12.9. The van der Waals surface area contributed by atoms with Gasteiger partial charge in [0.1, 0.15) is 5.54 Å². The topological polar surface area (TPSA) is 49.4 Å². The lowest BCUT2D eigenvalue weighted by atomic mass is 9.90. The van der Waals surface area contributed by atoms with Crippen molar-refractivity contribution in [3.63, 3.8) is 0 Å². The van der Waals surface area contributed by atoms with Crippen LogP contribution in [-0.4, -0.2) is 29.8 Å². The van der Waals surface area contributed by atoms with Crippen molar-refractivity contribution in [1.29, 1.82) is 0 Å². The van der Waals surface area contributed by atoms with Gasteiger partial charge < -0.3 is 10.2 Å². The van der Waals surface area contributed by atoms with Crippen molar-refractivity contribution in [2.45, 2.75) is 32.7 Å². The smallest absolute Gasteiger partial charge is 0.252 e. The zero-order chi connectivity index (χ0) is 14.8. The van der Waals surface area contributed by atoms with Crippen LogP contribution in [0.4, 0.5) is 0 Å². The maximum absolute atomic E-state index is 12.9. The van der Waals surface area contributed by atoms with Crippen LogP contribution in [0.25, 0.3) is 0 Å². The van der Waals surface area contributed by atoms with Crippen LogP contribution in [0.15, 0.2) is 30.3 Å². The predicted molar refractivity (Wildman–Crippen MR) is 78.0 cm³/mol. The van der Waals surface area contributed by atoms with Gasteiger partial charge in [0.25, 0.3) is 5.91 Å². The van der Waals surface area contributed by atoms with Gasteiger partial charge in [-0.05, 0) is 18.4 Å². The van der Waals surface area contributed by atoms with Crippen LogP contribution in [0.5, 0.6) is 0 Å². The van der Waals surface area contributed by atoms with Gasteiger partial charge in [0.15, 0.2) is 0 Å². The van der Waals surface area contributed by atoms with Crippen LogP contribution in [0.1, 0.15) is 32.8 Å². The van der Waals surface area contributed by atoms with Crippen molar-refractivity contribution in [3.05, 3.63) is 35.9 Å². The van der Waals surface area contributed by atoms with Gasteiger partial charge in [-0.25, -0.2) is 0 Å². The Bertz CT molecular complexity index is 498. The molecule has 0 spiro atoms. The summed E-state index contributed by atoms with van der Waals surface area (Å²) in [5, 5.41) is 2.89. The maximum Gasteiger partial charge on any atom is 0.252 e. The number of amides is 2. The fourth-order valence-electron chi connectivity index (χ4n) is 2.63.